The number of aromatic nitrogens is 4. The van der Waals surface area contributed by atoms with Gasteiger partial charge in [-0.15, -0.1) is 0 Å². The molecule has 0 spiro atoms. The summed E-state index contributed by atoms with van der Waals surface area (Å²) in [5.41, 5.74) is 8.79. The normalized spacial score (nSPS) is 16.2. The number of hydrogen-bond acceptors (Lipinski definition) is 14. The molecule has 0 aliphatic carbocycles. The number of carbonyl (C=O) groups is 7. The molecule has 3 aromatic carbocycles. The van der Waals surface area contributed by atoms with Crippen LogP contribution in [0.1, 0.15) is 91.0 Å². The van der Waals surface area contributed by atoms with Crippen LogP contribution in [0.15, 0.2) is 85.7 Å². The zero-order valence-electron chi connectivity index (χ0n) is 38.6. The molecule has 3 aliphatic rings. The van der Waals surface area contributed by atoms with E-state index in [-0.39, 0.29) is 60.0 Å². The second-order valence-corrected chi connectivity index (χ2v) is 17.3. The molecule has 8 rings (SSSR count). The summed E-state index contributed by atoms with van der Waals surface area (Å²) in [6.07, 6.45) is 9.60. The zero-order chi connectivity index (χ0) is 49.1. The van der Waals surface area contributed by atoms with Crippen molar-refractivity contribution in [1.82, 2.24) is 45.5 Å². The van der Waals surface area contributed by atoms with E-state index in [0.29, 0.717) is 72.2 Å². The molecule has 0 radical (unpaired) electrons. The number of piperidine rings is 2. The summed E-state index contributed by atoms with van der Waals surface area (Å²) in [4.78, 5) is 100. The number of unbranched alkanes of at least 4 members (excludes halogenated alkanes) is 5. The van der Waals surface area contributed by atoms with Gasteiger partial charge in [0, 0.05) is 38.2 Å². The lowest BCUT2D eigenvalue weighted by molar-refractivity contribution is -0.136. The summed E-state index contributed by atoms with van der Waals surface area (Å²) in [6.45, 7) is 5.95. The SMILES string of the molecule is C=CC(=O)Nc1cc(-c2nn(C3CCN(CC(=O)NCCCCCCCCNC(=O)COc4cccc5c4C(=O)N(C4CCC(=O)NC4=O)C5=O)CC3)c3ncnc(N)c23)ccc1Oc1ccccc1. The average Bonchev–Trinajstić information content (AvgIpc) is 3.87. The molecule has 1 unspecified atom stereocenters. The zero-order valence-corrected chi connectivity index (χ0v) is 38.6. The first-order valence-electron chi connectivity index (χ1n) is 23.5. The van der Waals surface area contributed by atoms with Gasteiger partial charge in [-0.1, -0.05) is 56.5 Å². The monoisotopic (exact) mass is 953 g/mol. The van der Waals surface area contributed by atoms with Gasteiger partial charge in [0.2, 0.25) is 23.6 Å². The van der Waals surface area contributed by atoms with E-state index < -0.39 is 35.6 Å². The maximum absolute atomic E-state index is 13.3. The summed E-state index contributed by atoms with van der Waals surface area (Å²) in [5, 5.41) is 16.5. The number of likely N-dealkylation sites (tertiary alicyclic amines) is 1. The van der Waals surface area contributed by atoms with Crippen molar-refractivity contribution >= 4 is 63.9 Å². The minimum atomic E-state index is -1.10. The van der Waals surface area contributed by atoms with E-state index in [9.17, 15) is 33.6 Å². The molecule has 20 heteroatoms. The van der Waals surface area contributed by atoms with Gasteiger partial charge in [0.05, 0.1) is 34.8 Å². The number of rotatable bonds is 21. The van der Waals surface area contributed by atoms with Crippen LogP contribution in [-0.4, -0.2) is 116 Å². The molecular formula is C50H55N11O9. The van der Waals surface area contributed by atoms with E-state index in [0.717, 1.165) is 56.3 Å². The van der Waals surface area contributed by atoms with Crippen LogP contribution >= 0.6 is 0 Å². The van der Waals surface area contributed by atoms with Gasteiger partial charge in [0.1, 0.15) is 35.4 Å². The van der Waals surface area contributed by atoms with Crippen molar-refractivity contribution in [3.05, 3.63) is 96.8 Å². The van der Waals surface area contributed by atoms with Crippen LogP contribution in [-0.2, 0) is 24.0 Å². The predicted octanol–water partition coefficient (Wildman–Crippen LogP) is 4.68. The lowest BCUT2D eigenvalue weighted by Gasteiger charge is -2.31. The van der Waals surface area contributed by atoms with Gasteiger partial charge in [-0.3, -0.25) is 48.7 Å². The molecule has 1 atom stereocenters. The van der Waals surface area contributed by atoms with E-state index in [2.05, 4.69) is 42.7 Å². The fraction of sp³-hybridized carbons (Fsp3) is 0.360. The van der Waals surface area contributed by atoms with Gasteiger partial charge < -0.3 is 31.2 Å². The predicted molar refractivity (Wildman–Crippen MR) is 258 cm³/mol. The Morgan fingerprint density at radius 2 is 1.56 bits per heavy atom. The number of nitrogen functional groups attached to an aromatic ring is 1. The van der Waals surface area contributed by atoms with Crippen molar-refractivity contribution in [2.45, 2.75) is 76.3 Å². The Balaban J connectivity index is 0.719. The molecule has 70 heavy (non-hydrogen) atoms. The number of imide groups is 2. The van der Waals surface area contributed by atoms with Crippen molar-refractivity contribution in [3.63, 3.8) is 0 Å². The summed E-state index contributed by atoms with van der Waals surface area (Å²) < 4.78 is 13.7. The van der Waals surface area contributed by atoms with Crippen LogP contribution < -0.4 is 36.5 Å². The first-order chi connectivity index (χ1) is 34.0. The lowest BCUT2D eigenvalue weighted by Crippen LogP contribution is -2.54. The topological polar surface area (TPSA) is 262 Å². The van der Waals surface area contributed by atoms with Crippen LogP contribution in [0.25, 0.3) is 22.3 Å². The van der Waals surface area contributed by atoms with Crippen molar-refractivity contribution in [2.24, 2.45) is 0 Å². The van der Waals surface area contributed by atoms with Crippen molar-refractivity contribution in [1.29, 1.82) is 0 Å². The fourth-order valence-corrected chi connectivity index (χ4v) is 8.91. The van der Waals surface area contributed by atoms with Gasteiger partial charge in [0.15, 0.2) is 18.0 Å². The molecule has 7 amide bonds. The molecule has 6 N–H and O–H groups in total. The number of hydrogen-bond donors (Lipinski definition) is 5. The van der Waals surface area contributed by atoms with Crippen molar-refractivity contribution in [2.75, 3.05) is 50.4 Å². The highest BCUT2D eigenvalue weighted by atomic mass is 16.5. The van der Waals surface area contributed by atoms with Crippen molar-refractivity contribution in [3.8, 4) is 28.5 Å². The summed E-state index contributed by atoms with van der Waals surface area (Å²) in [6, 6.07) is 18.1. The highest BCUT2D eigenvalue weighted by molar-refractivity contribution is 6.24. The number of fused-ring (bicyclic) bond motifs is 2. The van der Waals surface area contributed by atoms with Crippen LogP contribution in [0, 0.1) is 0 Å². The highest BCUT2D eigenvalue weighted by Gasteiger charge is 2.46. The number of nitrogens with one attached hydrogen (secondary N) is 4. The van der Waals surface area contributed by atoms with Gasteiger partial charge in [-0.2, -0.15) is 5.10 Å². The van der Waals surface area contributed by atoms with E-state index in [4.69, 9.17) is 20.3 Å². The number of amides is 7. The number of benzene rings is 3. The van der Waals surface area contributed by atoms with Gasteiger partial charge in [-0.05, 0) is 80.6 Å². The van der Waals surface area contributed by atoms with E-state index in [1.165, 1.54) is 30.6 Å². The minimum Gasteiger partial charge on any atom is -0.483 e. The number of carbonyl (C=O) groups excluding carboxylic acids is 7. The highest BCUT2D eigenvalue weighted by Crippen LogP contribution is 2.39. The molecule has 2 saturated heterocycles. The second-order valence-electron chi connectivity index (χ2n) is 17.3. The van der Waals surface area contributed by atoms with Crippen LogP contribution in [0.3, 0.4) is 0 Å². The van der Waals surface area contributed by atoms with Crippen LogP contribution in [0.2, 0.25) is 0 Å². The summed E-state index contributed by atoms with van der Waals surface area (Å²) in [7, 11) is 0. The Bertz CT molecular complexity index is 2810. The Morgan fingerprint density at radius 3 is 2.29 bits per heavy atom. The first-order valence-corrected chi connectivity index (χ1v) is 23.5. The maximum Gasteiger partial charge on any atom is 0.266 e. The third kappa shape index (κ3) is 11.3. The van der Waals surface area contributed by atoms with Gasteiger partial charge >= 0.3 is 0 Å². The number of nitrogens with zero attached hydrogens (tertiary/aromatic N) is 6. The largest absolute Gasteiger partial charge is 0.483 e. The number of ether oxygens (including phenoxy) is 2. The van der Waals surface area contributed by atoms with Gasteiger partial charge in [-0.25, -0.2) is 14.6 Å². The van der Waals surface area contributed by atoms with Crippen molar-refractivity contribution < 1.29 is 43.0 Å². The molecule has 364 valence electrons. The second kappa shape index (κ2) is 22.4. The molecular weight excluding hydrogens is 899 g/mol. The number of anilines is 2. The summed E-state index contributed by atoms with van der Waals surface area (Å²) in [5.74, 6) is -1.91. The van der Waals surface area contributed by atoms with E-state index in [1.807, 2.05) is 41.1 Å². The van der Waals surface area contributed by atoms with Crippen LogP contribution in [0.4, 0.5) is 11.5 Å². The smallest absolute Gasteiger partial charge is 0.266 e. The third-order valence-corrected chi connectivity index (χ3v) is 12.5. The molecule has 2 fully saturated rings. The quantitative estimate of drug-likeness (QED) is 0.0380. The fourth-order valence-electron chi connectivity index (χ4n) is 8.91. The molecule has 5 aromatic rings. The molecule has 5 heterocycles. The Kier molecular flexibility index (Phi) is 15.5. The van der Waals surface area contributed by atoms with Crippen LogP contribution in [0.5, 0.6) is 17.2 Å². The Hall–Kier alpha value is -8.00. The number of nitrogens with two attached hydrogens (primary N) is 1. The Morgan fingerprint density at radius 1 is 0.829 bits per heavy atom. The molecule has 20 nitrogen and oxygen atoms in total. The summed E-state index contributed by atoms with van der Waals surface area (Å²) >= 11 is 0. The minimum absolute atomic E-state index is 0.00152. The number of para-hydroxylation sites is 1. The third-order valence-electron chi connectivity index (χ3n) is 12.5. The average molecular weight is 954 g/mol. The van der Waals surface area contributed by atoms with E-state index >= 15 is 0 Å². The maximum atomic E-state index is 13.3. The standard InChI is InChI=1S/C50H55N11O9/c1-2-39(62)56-35-27-31(17-19-37(35)70-33-13-8-7-9-14-33)45-44-46(51)54-30-55-47(44)61(58-45)32-21-25-59(26-22-32)28-41(64)52-23-10-5-3-4-6-11-24-53-42(65)29-69-38-16-12-15-34-43(38)50(68)60(49(34)67)36-18-20-40(63)57-48(36)66/h2,7-9,12-17,19,27,30,32,36H,1,3-6,10-11,18,20-26,28-29H2,(H,52,64)(H,53,65)(H,56,62)(H2,51,54,55)(H,57,63,66). The Labute approximate surface area is 403 Å². The lowest BCUT2D eigenvalue weighted by atomic mass is 10.0. The molecule has 2 aromatic heterocycles. The van der Waals surface area contributed by atoms with Gasteiger partial charge in [0.25, 0.3) is 17.7 Å². The molecule has 0 bridgehead atoms. The first kappa shape index (κ1) is 48.5. The molecule has 0 saturated carbocycles. The van der Waals surface area contributed by atoms with E-state index in [1.54, 1.807) is 12.1 Å². The molecule has 3 aliphatic heterocycles.